The molecule has 5 heteroatoms. The number of benzene rings is 2. The van der Waals surface area contributed by atoms with Crippen molar-refractivity contribution in [3.63, 3.8) is 0 Å². The van der Waals surface area contributed by atoms with Gasteiger partial charge in [0.25, 0.3) is 11.6 Å². The molecule has 23 heavy (non-hydrogen) atoms. The molecule has 1 aliphatic rings. The summed E-state index contributed by atoms with van der Waals surface area (Å²) in [5.41, 5.74) is 4.41. The number of non-ortho nitro benzene ring substituents is 1. The Bertz CT molecular complexity index is 799. The van der Waals surface area contributed by atoms with E-state index in [9.17, 15) is 14.9 Å². The summed E-state index contributed by atoms with van der Waals surface area (Å²) in [7, 11) is 0. The highest BCUT2D eigenvalue weighted by molar-refractivity contribution is 6.08. The SMILES string of the molecule is Cc1cc([N+](=O)[O-])ccc1C(=O)N1CCCc2cccc(C)c21. The number of aryl methyl sites for hydroxylation is 3. The molecule has 3 rings (SSSR count). The number of carbonyl (C=O) groups is 1. The fourth-order valence-corrected chi connectivity index (χ4v) is 3.20. The lowest BCUT2D eigenvalue weighted by atomic mass is 9.96. The lowest BCUT2D eigenvalue weighted by Gasteiger charge is -2.31. The number of para-hydroxylation sites is 1. The van der Waals surface area contributed by atoms with Gasteiger partial charge in [-0.25, -0.2) is 0 Å². The highest BCUT2D eigenvalue weighted by Crippen LogP contribution is 2.32. The Hall–Kier alpha value is -2.69. The van der Waals surface area contributed by atoms with Crippen LogP contribution in [-0.2, 0) is 6.42 Å². The van der Waals surface area contributed by atoms with Gasteiger partial charge in [-0.15, -0.1) is 0 Å². The molecule has 2 aromatic carbocycles. The Kier molecular flexibility index (Phi) is 3.86. The van der Waals surface area contributed by atoms with Crippen molar-refractivity contribution < 1.29 is 9.72 Å². The minimum Gasteiger partial charge on any atom is -0.308 e. The summed E-state index contributed by atoms with van der Waals surface area (Å²) in [6.45, 7) is 4.42. The zero-order valence-corrected chi connectivity index (χ0v) is 13.2. The van der Waals surface area contributed by atoms with Crippen LogP contribution in [0.4, 0.5) is 11.4 Å². The van der Waals surface area contributed by atoms with Gasteiger partial charge in [0.05, 0.1) is 10.6 Å². The maximum Gasteiger partial charge on any atom is 0.269 e. The molecule has 0 N–H and O–H groups in total. The predicted octanol–water partition coefficient (Wildman–Crippen LogP) is 3.80. The average molecular weight is 310 g/mol. The van der Waals surface area contributed by atoms with E-state index in [1.807, 2.05) is 24.0 Å². The molecule has 118 valence electrons. The van der Waals surface area contributed by atoms with Crippen LogP contribution in [0.3, 0.4) is 0 Å². The smallest absolute Gasteiger partial charge is 0.269 e. The molecule has 0 aromatic heterocycles. The van der Waals surface area contributed by atoms with E-state index in [-0.39, 0.29) is 11.6 Å². The second-order valence-electron chi connectivity index (χ2n) is 5.90. The molecule has 0 radical (unpaired) electrons. The Morgan fingerprint density at radius 2 is 1.96 bits per heavy atom. The first-order valence-electron chi connectivity index (χ1n) is 7.64. The van der Waals surface area contributed by atoms with Crippen LogP contribution >= 0.6 is 0 Å². The van der Waals surface area contributed by atoms with Crippen molar-refractivity contribution in [3.8, 4) is 0 Å². The highest BCUT2D eigenvalue weighted by Gasteiger charge is 2.26. The van der Waals surface area contributed by atoms with E-state index in [1.165, 1.54) is 17.7 Å². The normalized spacial score (nSPS) is 13.6. The number of nitrogens with zero attached hydrogens (tertiary/aromatic N) is 2. The van der Waals surface area contributed by atoms with E-state index < -0.39 is 4.92 Å². The molecule has 2 aromatic rings. The molecule has 1 amide bonds. The Labute approximate surface area is 134 Å². The first-order valence-corrected chi connectivity index (χ1v) is 7.64. The van der Waals surface area contributed by atoms with Gasteiger partial charge in [0, 0.05) is 24.2 Å². The van der Waals surface area contributed by atoms with Crippen LogP contribution in [0, 0.1) is 24.0 Å². The minimum absolute atomic E-state index is 0.00859. The van der Waals surface area contributed by atoms with Gasteiger partial charge in [0.15, 0.2) is 0 Å². The van der Waals surface area contributed by atoms with Gasteiger partial charge in [-0.3, -0.25) is 14.9 Å². The molecule has 5 nitrogen and oxygen atoms in total. The molecule has 0 unspecified atom stereocenters. The molecule has 0 fully saturated rings. The van der Waals surface area contributed by atoms with Gasteiger partial charge in [-0.1, -0.05) is 18.2 Å². The largest absolute Gasteiger partial charge is 0.308 e. The molecule has 0 spiro atoms. The molecule has 1 heterocycles. The first kappa shape index (κ1) is 15.2. The maximum absolute atomic E-state index is 13.0. The standard InChI is InChI=1S/C18H18N2O3/c1-12-5-3-6-14-7-4-10-19(17(12)14)18(21)16-9-8-15(20(22)23)11-13(16)2/h3,5-6,8-9,11H,4,7,10H2,1-2H3. The number of rotatable bonds is 2. The minimum atomic E-state index is -0.443. The molecule has 0 saturated carbocycles. The van der Waals surface area contributed by atoms with Crippen molar-refractivity contribution in [2.24, 2.45) is 0 Å². The predicted molar refractivity (Wildman–Crippen MR) is 89.0 cm³/mol. The molecule has 0 saturated heterocycles. The van der Waals surface area contributed by atoms with Crippen LogP contribution in [0.2, 0.25) is 0 Å². The van der Waals surface area contributed by atoms with Crippen molar-refractivity contribution in [1.29, 1.82) is 0 Å². The first-order chi connectivity index (χ1) is 11.0. The van der Waals surface area contributed by atoms with Crippen LogP contribution in [-0.4, -0.2) is 17.4 Å². The van der Waals surface area contributed by atoms with Crippen LogP contribution in [0.1, 0.15) is 33.5 Å². The van der Waals surface area contributed by atoms with Crippen molar-refractivity contribution in [2.45, 2.75) is 26.7 Å². The Morgan fingerprint density at radius 3 is 2.65 bits per heavy atom. The van der Waals surface area contributed by atoms with Gasteiger partial charge >= 0.3 is 0 Å². The third-order valence-corrected chi connectivity index (χ3v) is 4.32. The van der Waals surface area contributed by atoms with Gasteiger partial charge < -0.3 is 4.90 Å². The van der Waals surface area contributed by atoms with E-state index in [2.05, 4.69) is 6.07 Å². The summed E-state index contributed by atoms with van der Waals surface area (Å²) in [6, 6.07) is 10.5. The number of hydrogen-bond acceptors (Lipinski definition) is 3. The van der Waals surface area contributed by atoms with E-state index in [1.54, 1.807) is 13.0 Å². The van der Waals surface area contributed by atoms with Crippen molar-refractivity contribution in [3.05, 3.63) is 68.8 Å². The van der Waals surface area contributed by atoms with Crippen molar-refractivity contribution in [1.82, 2.24) is 0 Å². The zero-order chi connectivity index (χ0) is 16.6. The Morgan fingerprint density at radius 1 is 1.17 bits per heavy atom. The quantitative estimate of drug-likeness (QED) is 0.626. The van der Waals surface area contributed by atoms with Crippen LogP contribution in [0.25, 0.3) is 0 Å². The van der Waals surface area contributed by atoms with E-state index >= 15 is 0 Å². The number of nitro groups is 1. The lowest BCUT2D eigenvalue weighted by molar-refractivity contribution is -0.384. The molecular weight excluding hydrogens is 292 g/mol. The summed E-state index contributed by atoms with van der Waals surface area (Å²) in [6.07, 6.45) is 1.90. The van der Waals surface area contributed by atoms with Crippen LogP contribution in [0.5, 0.6) is 0 Å². The van der Waals surface area contributed by atoms with Gasteiger partial charge in [-0.05, 0) is 49.4 Å². The topological polar surface area (TPSA) is 63.5 Å². The van der Waals surface area contributed by atoms with Gasteiger partial charge in [0.2, 0.25) is 0 Å². The van der Waals surface area contributed by atoms with E-state index in [0.29, 0.717) is 17.7 Å². The summed E-state index contributed by atoms with van der Waals surface area (Å²) in [5.74, 6) is -0.0901. The molecular formula is C18H18N2O3. The number of anilines is 1. The Balaban J connectivity index is 2.01. The summed E-state index contributed by atoms with van der Waals surface area (Å²) < 4.78 is 0. The van der Waals surface area contributed by atoms with Gasteiger partial charge in [0.1, 0.15) is 0 Å². The monoisotopic (exact) mass is 310 g/mol. The maximum atomic E-state index is 13.0. The summed E-state index contributed by atoms with van der Waals surface area (Å²) >= 11 is 0. The highest BCUT2D eigenvalue weighted by atomic mass is 16.6. The van der Waals surface area contributed by atoms with Crippen molar-refractivity contribution in [2.75, 3.05) is 11.4 Å². The third kappa shape index (κ3) is 2.70. The number of amides is 1. The summed E-state index contributed by atoms with van der Waals surface area (Å²) in [4.78, 5) is 25.2. The number of fused-ring (bicyclic) bond motifs is 1. The number of carbonyl (C=O) groups excluding carboxylic acids is 1. The van der Waals surface area contributed by atoms with Crippen molar-refractivity contribution >= 4 is 17.3 Å². The fourth-order valence-electron chi connectivity index (χ4n) is 3.20. The molecule has 0 atom stereocenters. The lowest BCUT2D eigenvalue weighted by Crippen LogP contribution is -2.36. The van der Waals surface area contributed by atoms with E-state index in [0.717, 1.165) is 24.1 Å². The fraction of sp³-hybridized carbons (Fsp3) is 0.278. The third-order valence-electron chi connectivity index (χ3n) is 4.32. The molecule has 0 aliphatic carbocycles. The van der Waals surface area contributed by atoms with E-state index in [4.69, 9.17) is 0 Å². The van der Waals surface area contributed by atoms with Gasteiger partial charge in [-0.2, -0.15) is 0 Å². The molecule has 0 bridgehead atoms. The number of hydrogen-bond donors (Lipinski definition) is 0. The average Bonchev–Trinajstić information content (AvgIpc) is 2.54. The number of nitro benzene ring substituents is 1. The zero-order valence-electron chi connectivity index (χ0n) is 13.2. The second kappa shape index (κ2) is 5.83. The summed E-state index contributed by atoms with van der Waals surface area (Å²) in [5, 5.41) is 10.9. The second-order valence-corrected chi connectivity index (χ2v) is 5.90. The van der Waals surface area contributed by atoms with Crippen LogP contribution < -0.4 is 4.90 Å². The molecule has 1 aliphatic heterocycles. The van der Waals surface area contributed by atoms with Crippen LogP contribution in [0.15, 0.2) is 36.4 Å².